The van der Waals surface area contributed by atoms with Gasteiger partial charge in [0, 0.05) is 25.3 Å². The lowest BCUT2D eigenvalue weighted by Crippen LogP contribution is -2.42. The lowest BCUT2D eigenvalue weighted by molar-refractivity contribution is -0.144. The number of carboxylic acids is 1. The van der Waals surface area contributed by atoms with Gasteiger partial charge in [0.05, 0.1) is 7.11 Å². The highest BCUT2D eigenvalue weighted by molar-refractivity contribution is 5.84. The smallest absolute Gasteiger partial charge is 0.407 e. The van der Waals surface area contributed by atoms with Crippen LogP contribution in [0.1, 0.15) is 43.2 Å². The maximum Gasteiger partial charge on any atom is 0.407 e. The van der Waals surface area contributed by atoms with E-state index in [2.05, 4.69) is 27.5 Å². The number of ether oxygens (including phenoxy) is 2. The topological polar surface area (TPSA) is 131 Å². The van der Waals surface area contributed by atoms with Gasteiger partial charge in [-0.05, 0) is 34.6 Å². The summed E-state index contributed by atoms with van der Waals surface area (Å²) in [5.41, 5.74) is 4.52. The first kappa shape index (κ1) is 25.7. The normalized spacial score (nSPS) is 13.7. The summed E-state index contributed by atoms with van der Waals surface area (Å²) in [7, 11) is 1.21. The molecule has 0 aliphatic heterocycles. The van der Waals surface area contributed by atoms with Crippen LogP contribution in [0.5, 0.6) is 0 Å². The standard InChI is InChI=1S/C26H30N2O7/c1-16(13-23(29)28-22(25(31)32)11-12-24(30)34-2)14-27-26(33)35-15-21-19-9-5-3-7-17(19)18-8-4-6-10-20(18)21/h3-10,16,21-22H,11-15H2,1-2H3,(H,27,33)(H,28,29)(H,31,32)/t16?,22-/m1/s1. The molecule has 0 saturated carbocycles. The van der Waals surface area contributed by atoms with Crippen molar-refractivity contribution in [3.05, 3.63) is 59.7 Å². The quantitative estimate of drug-likeness (QED) is 0.420. The Kier molecular flexibility index (Phi) is 8.83. The molecule has 3 rings (SSSR count). The van der Waals surface area contributed by atoms with Crippen molar-refractivity contribution in [2.24, 2.45) is 5.92 Å². The summed E-state index contributed by atoms with van der Waals surface area (Å²) in [5, 5.41) is 14.3. The second-order valence-electron chi connectivity index (χ2n) is 8.59. The Morgan fingerprint density at radius 1 is 1.00 bits per heavy atom. The number of hydrogen-bond donors (Lipinski definition) is 3. The summed E-state index contributed by atoms with van der Waals surface area (Å²) in [4.78, 5) is 47.1. The van der Waals surface area contributed by atoms with Gasteiger partial charge in [0.15, 0.2) is 0 Å². The first-order chi connectivity index (χ1) is 16.8. The maximum absolute atomic E-state index is 12.3. The van der Waals surface area contributed by atoms with Gasteiger partial charge in [-0.2, -0.15) is 0 Å². The molecule has 2 aromatic rings. The van der Waals surface area contributed by atoms with Crippen molar-refractivity contribution < 1.29 is 33.8 Å². The summed E-state index contributed by atoms with van der Waals surface area (Å²) < 4.78 is 9.98. The Labute approximate surface area is 203 Å². The molecule has 2 aromatic carbocycles. The molecule has 1 aliphatic rings. The third-order valence-corrected chi connectivity index (χ3v) is 5.97. The van der Waals surface area contributed by atoms with Gasteiger partial charge >= 0.3 is 18.0 Å². The zero-order chi connectivity index (χ0) is 25.4. The summed E-state index contributed by atoms with van der Waals surface area (Å²) in [6.45, 7) is 2.13. The summed E-state index contributed by atoms with van der Waals surface area (Å²) in [6.07, 6.45) is -0.765. The number of nitrogens with one attached hydrogen (secondary N) is 2. The molecule has 9 heteroatoms. The Morgan fingerprint density at radius 2 is 1.60 bits per heavy atom. The van der Waals surface area contributed by atoms with E-state index in [4.69, 9.17) is 4.74 Å². The molecule has 2 atom stereocenters. The van der Waals surface area contributed by atoms with Crippen molar-refractivity contribution in [2.45, 2.75) is 38.1 Å². The molecule has 0 saturated heterocycles. The number of methoxy groups -OCH3 is 1. The van der Waals surface area contributed by atoms with E-state index in [-0.39, 0.29) is 44.2 Å². The van der Waals surface area contributed by atoms with Gasteiger partial charge in [0.2, 0.25) is 5.91 Å². The number of alkyl carbamates (subject to hydrolysis) is 1. The minimum Gasteiger partial charge on any atom is -0.480 e. The van der Waals surface area contributed by atoms with Gasteiger partial charge < -0.3 is 25.2 Å². The van der Waals surface area contributed by atoms with Crippen molar-refractivity contribution in [3.63, 3.8) is 0 Å². The molecule has 1 unspecified atom stereocenters. The molecule has 0 fully saturated rings. The second kappa shape index (κ2) is 12.0. The predicted molar refractivity (Wildman–Crippen MR) is 128 cm³/mol. The van der Waals surface area contributed by atoms with Crippen molar-refractivity contribution in [3.8, 4) is 11.1 Å². The highest BCUT2D eigenvalue weighted by Crippen LogP contribution is 2.44. The minimum absolute atomic E-state index is 0.00561. The number of amides is 2. The highest BCUT2D eigenvalue weighted by Gasteiger charge is 2.29. The molecule has 9 nitrogen and oxygen atoms in total. The van der Waals surface area contributed by atoms with E-state index < -0.39 is 30.0 Å². The zero-order valence-electron chi connectivity index (χ0n) is 19.8. The average Bonchev–Trinajstić information content (AvgIpc) is 3.17. The molecular weight excluding hydrogens is 452 g/mol. The number of hydrogen-bond acceptors (Lipinski definition) is 6. The first-order valence-corrected chi connectivity index (χ1v) is 11.5. The number of esters is 1. The molecule has 0 heterocycles. The van der Waals surface area contributed by atoms with Crippen molar-refractivity contribution in [1.29, 1.82) is 0 Å². The van der Waals surface area contributed by atoms with E-state index in [1.165, 1.54) is 7.11 Å². The van der Waals surface area contributed by atoms with Crippen LogP contribution in [-0.2, 0) is 23.9 Å². The molecule has 0 spiro atoms. The van der Waals surface area contributed by atoms with Crippen LogP contribution in [0.2, 0.25) is 0 Å². The summed E-state index contributed by atoms with van der Waals surface area (Å²) in [5.74, 6) is -2.57. The van der Waals surface area contributed by atoms with E-state index >= 15 is 0 Å². The van der Waals surface area contributed by atoms with E-state index in [0.717, 1.165) is 22.3 Å². The fraction of sp³-hybridized carbons (Fsp3) is 0.385. The molecule has 0 aromatic heterocycles. The Bertz CT molecular complexity index is 1040. The van der Waals surface area contributed by atoms with Gasteiger partial charge in [0.25, 0.3) is 0 Å². The molecule has 0 radical (unpaired) electrons. The van der Waals surface area contributed by atoms with Gasteiger partial charge in [-0.25, -0.2) is 9.59 Å². The molecule has 1 aliphatic carbocycles. The van der Waals surface area contributed by atoms with Crippen LogP contribution in [-0.4, -0.2) is 55.3 Å². The molecule has 0 bridgehead atoms. The summed E-state index contributed by atoms with van der Waals surface area (Å²) in [6, 6.07) is 14.9. The first-order valence-electron chi connectivity index (χ1n) is 11.5. The third-order valence-electron chi connectivity index (χ3n) is 5.97. The van der Waals surface area contributed by atoms with Crippen molar-refractivity contribution in [2.75, 3.05) is 20.3 Å². The van der Waals surface area contributed by atoms with Crippen LogP contribution in [0.4, 0.5) is 4.79 Å². The van der Waals surface area contributed by atoms with E-state index in [0.29, 0.717) is 0 Å². The largest absolute Gasteiger partial charge is 0.480 e. The molecule has 2 amide bonds. The fourth-order valence-electron chi connectivity index (χ4n) is 4.17. The van der Waals surface area contributed by atoms with Crippen LogP contribution >= 0.6 is 0 Å². The number of carboxylic acid groups (broad SMARTS) is 1. The second-order valence-corrected chi connectivity index (χ2v) is 8.59. The van der Waals surface area contributed by atoms with Gasteiger partial charge in [0.1, 0.15) is 12.6 Å². The zero-order valence-corrected chi connectivity index (χ0v) is 19.8. The lowest BCUT2D eigenvalue weighted by atomic mass is 9.98. The van der Waals surface area contributed by atoms with Crippen LogP contribution in [0.25, 0.3) is 11.1 Å². The van der Waals surface area contributed by atoms with E-state index in [9.17, 15) is 24.3 Å². The van der Waals surface area contributed by atoms with Gasteiger partial charge in [-0.3, -0.25) is 9.59 Å². The summed E-state index contributed by atoms with van der Waals surface area (Å²) >= 11 is 0. The van der Waals surface area contributed by atoms with Crippen LogP contribution in [0, 0.1) is 5.92 Å². The maximum atomic E-state index is 12.3. The monoisotopic (exact) mass is 482 g/mol. The molecule has 3 N–H and O–H groups in total. The number of rotatable bonds is 11. The third kappa shape index (κ3) is 6.81. The number of aliphatic carboxylic acids is 1. The Hall–Kier alpha value is -3.88. The van der Waals surface area contributed by atoms with Crippen LogP contribution in [0.3, 0.4) is 0 Å². The van der Waals surface area contributed by atoms with Crippen molar-refractivity contribution >= 4 is 23.9 Å². The molecular formula is C26H30N2O7. The van der Waals surface area contributed by atoms with Gasteiger partial charge in [-0.15, -0.1) is 0 Å². The van der Waals surface area contributed by atoms with Crippen LogP contribution in [0.15, 0.2) is 48.5 Å². The number of carbonyl (C=O) groups is 4. The number of benzene rings is 2. The average molecular weight is 483 g/mol. The molecule has 186 valence electrons. The number of carbonyl (C=O) groups excluding carboxylic acids is 3. The predicted octanol–water partition coefficient (Wildman–Crippen LogP) is 3.07. The Morgan fingerprint density at radius 3 is 2.17 bits per heavy atom. The van der Waals surface area contributed by atoms with E-state index in [1.807, 2.05) is 36.4 Å². The van der Waals surface area contributed by atoms with E-state index in [1.54, 1.807) is 6.92 Å². The SMILES string of the molecule is COC(=O)CC[C@@H](NC(=O)CC(C)CNC(=O)OCC1c2ccccc2-c2ccccc21)C(=O)O. The Balaban J connectivity index is 1.44. The lowest BCUT2D eigenvalue weighted by Gasteiger charge is -2.17. The van der Waals surface area contributed by atoms with Crippen molar-refractivity contribution in [1.82, 2.24) is 10.6 Å². The molecule has 35 heavy (non-hydrogen) atoms. The minimum atomic E-state index is -1.23. The van der Waals surface area contributed by atoms with Gasteiger partial charge in [-0.1, -0.05) is 55.5 Å². The number of fused-ring (bicyclic) bond motifs is 3. The highest BCUT2D eigenvalue weighted by atomic mass is 16.5. The fourth-order valence-corrected chi connectivity index (χ4v) is 4.17. The van der Waals surface area contributed by atoms with Crippen LogP contribution < -0.4 is 10.6 Å².